The largest absolute Gasteiger partial charge is 0.497 e. The summed E-state index contributed by atoms with van der Waals surface area (Å²) < 4.78 is 6.46. The fraction of sp³-hybridized carbons (Fsp3) is 0.368. The number of likely N-dealkylation sites (tertiary alicyclic amines) is 1. The number of carboxylic acid groups (broad SMARTS) is 1. The lowest BCUT2D eigenvalue weighted by Gasteiger charge is -2.30. The van der Waals surface area contributed by atoms with Gasteiger partial charge in [0.25, 0.3) is 5.56 Å². The lowest BCUT2D eigenvalue weighted by Crippen LogP contribution is -2.42. The summed E-state index contributed by atoms with van der Waals surface area (Å²) in [6.07, 6.45) is 3.63. The van der Waals surface area contributed by atoms with E-state index >= 15 is 0 Å². The molecule has 1 fully saturated rings. The van der Waals surface area contributed by atoms with Crippen LogP contribution >= 0.6 is 0 Å². The third kappa shape index (κ3) is 4.33. The molecule has 0 bridgehead atoms. The average Bonchev–Trinajstić information content (AvgIpc) is 2.69. The van der Waals surface area contributed by atoms with Crippen LogP contribution in [0, 0.1) is 5.92 Å². The van der Waals surface area contributed by atoms with Crippen molar-refractivity contribution in [2.45, 2.75) is 19.4 Å². The number of aliphatic carboxylic acids is 1. The summed E-state index contributed by atoms with van der Waals surface area (Å²) in [5.41, 5.74) is 1.02. The van der Waals surface area contributed by atoms with Gasteiger partial charge in [-0.15, -0.1) is 0 Å². The molecule has 2 aromatic rings. The Labute approximate surface area is 156 Å². The Morgan fingerprint density at radius 2 is 1.89 bits per heavy atom. The van der Waals surface area contributed by atoms with Crippen LogP contribution in [0.1, 0.15) is 12.8 Å². The molecule has 0 atom stereocenters. The van der Waals surface area contributed by atoms with Crippen molar-refractivity contribution in [2.75, 3.05) is 20.2 Å². The molecule has 8 nitrogen and oxygen atoms in total. The quantitative estimate of drug-likeness (QED) is 0.849. The van der Waals surface area contributed by atoms with Gasteiger partial charge in [-0.05, 0) is 37.1 Å². The monoisotopic (exact) mass is 371 g/mol. The molecule has 2 heterocycles. The molecule has 1 aromatic carbocycles. The summed E-state index contributed by atoms with van der Waals surface area (Å²) in [4.78, 5) is 41.4. The summed E-state index contributed by atoms with van der Waals surface area (Å²) in [5.74, 6) is -0.712. The predicted octanol–water partition coefficient (Wildman–Crippen LogP) is 1.24. The number of carbonyl (C=O) groups excluding carboxylic acids is 1. The zero-order chi connectivity index (χ0) is 19.4. The molecule has 1 saturated heterocycles. The van der Waals surface area contributed by atoms with E-state index in [9.17, 15) is 14.4 Å². The van der Waals surface area contributed by atoms with Crippen LogP contribution in [0.3, 0.4) is 0 Å². The Bertz CT molecular complexity index is 883. The van der Waals surface area contributed by atoms with Gasteiger partial charge in [-0.25, -0.2) is 4.98 Å². The summed E-state index contributed by atoms with van der Waals surface area (Å²) in [7, 11) is 1.58. The zero-order valence-electron chi connectivity index (χ0n) is 15.0. The van der Waals surface area contributed by atoms with Gasteiger partial charge in [0, 0.05) is 24.8 Å². The molecule has 142 valence electrons. The molecule has 3 rings (SSSR count). The van der Waals surface area contributed by atoms with Crippen LogP contribution in [0.2, 0.25) is 0 Å². The summed E-state index contributed by atoms with van der Waals surface area (Å²) in [6.45, 7) is 0.685. The number of piperidine rings is 1. The number of methoxy groups -OCH3 is 1. The van der Waals surface area contributed by atoms with Crippen molar-refractivity contribution < 1.29 is 19.4 Å². The topological polar surface area (TPSA) is 102 Å². The number of rotatable bonds is 5. The highest BCUT2D eigenvalue weighted by molar-refractivity contribution is 5.77. The second-order valence-electron chi connectivity index (χ2n) is 6.46. The maximum absolute atomic E-state index is 12.5. The van der Waals surface area contributed by atoms with Crippen molar-refractivity contribution >= 4 is 11.9 Å². The second kappa shape index (κ2) is 8.03. The number of amides is 1. The number of carboxylic acids is 1. The third-order valence-electron chi connectivity index (χ3n) is 4.76. The van der Waals surface area contributed by atoms with Gasteiger partial charge in [-0.3, -0.25) is 14.4 Å². The van der Waals surface area contributed by atoms with Crippen LogP contribution in [-0.2, 0) is 16.1 Å². The van der Waals surface area contributed by atoms with Crippen LogP contribution in [0.25, 0.3) is 11.3 Å². The molecule has 1 aliphatic heterocycles. The normalized spacial score (nSPS) is 14.8. The van der Waals surface area contributed by atoms with Crippen LogP contribution in [-0.4, -0.2) is 51.6 Å². The van der Waals surface area contributed by atoms with Gasteiger partial charge >= 0.3 is 5.97 Å². The molecule has 0 radical (unpaired) electrons. The van der Waals surface area contributed by atoms with Gasteiger partial charge in [0.2, 0.25) is 5.91 Å². The van der Waals surface area contributed by atoms with Crippen LogP contribution in [0.15, 0.2) is 41.5 Å². The highest BCUT2D eigenvalue weighted by Gasteiger charge is 2.27. The van der Waals surface area contributed by atoms with Crippen molar-refractivity contribution in [3.8, 4) is 17.0 Å². The zero-order valence-corrected chi connectivity index (χ0v) is 15.0. The molecule has 0 saturated carbocycles. The SMILES string of the molecule is COc1ccc(-c2cn(CC(=O)N3CCC(C(=O)O)CC3)c(=O)cn2)cc1. The Hall–Kier alpha value is -3.16. The van der Waals surface area contributed by atoms with E-state index in [1.807, 2.05) is 12.1 Å². The van der Waals surface area contributed by atoms with Crippen LogP contribution in [0.4, 0.5) is 0 Å². The number of aromatic nitrogens is 2. The Morgan fingerprint density at radius 1 is 1.22 bits per heavy atom. The first-order valence-electron chi connectivity index (χ1n) is 8.69. The van der Waals surface area contributed by atoms with Gasteiger partial charge in [0.1, 0.15) is 12.3 Å². The van der Waals surface area contributed by atoms with Gasteiger partial charge in [0.05, 0.1) is 24.9 Å². The number of ether oxygens (including phenoxy) is 1. The highest BCUT2D eigenvalue weighted by Crippen LogP contribution is 2.20. The minimum Gasteiger partial charge on any atom is -0.497 e. The Balaban J connectivity index is 1.72. The molecular formula is C19H21N3O5. The summed E-state index contributed by atoms with van der Waals surface area (Å²) in [5, 5.41) is 9.04. The number of benzene rings is 1. The molecule has 1 N–H and O–H groups in total. The van der Waals surface area contributed by atoms with Gasteiger partial charge < -0.3 is 19.3 Å². The van der Waals surface area contributed by atoms with Crippen molar-refractivity contribution in [1.82, 2.24) is 14.5 Å². The smallest absolute Gasteiger partial charge is 0.306 e. The van der Waals surface area contributed by atoms with E-state index in [-0.39, 0.29) is 18.0 Å². The lowest BCUT2D eigenvalue weighted by atomic mass is 9.97. The van der Waals surface area contributed by atoms with E-state index in [4.69, 9.17) is 9.84 Å². The molecule has 8 heteroatoms. The van der Waals surface area contributed by atoms with Crippen LogP contribution < -0.4 is 10.3 Å². The first-order valence-corrected chi connectivity index (χ1v) is 8.69. The number of hydrogen-bond acceptors (Lipinski definition) is 5. The molecule has 1 aromatic heterocycles. The molecule has 0 spiro atoms. The first-order chi connectivity index (χ1) is 13.0. The fourth-order valence-electron chi connectivity index (χ4n) is 3.10. The first kappa shape index (κ1) is 18.6. The van der Waals surface area contributed by atoms with Crippen molar-refractivity contribution in [3.63, 3.8) is 0 Å². The lowest BCUT2D eigenvalue weighted by molar-refractivity contribution is -0.145. The van der Waals surface area contributed by atoms with Gasteiger partial charge in [-0.2, -0.15) is 0 Å². The Kier molecular flexibility index (Phi) is 5.54. The predicted molar refractivity (Wildman–Crippen MR) is 97.4 cm³/mol. The minimum atomic E-state index is -0.823. The van der Waals surface area contributed by atoms with Crippen molar-refractivity contribution in [3.05, 3.63) is 47.0 Å². The van der Waals surface area contributed by atoms with Gasteiger partial charge in [0.15, 0.2) is 0 Å². The average molecular weight is 371 g/mol. The number of nitrogens with zero attached hydrogens (tertiary/aromatic N) is 3. The molecular weight excluding hydrogens is 350 g/mol. The molecule has 1 aliphatic rings. The van der Waals surface area contributed by atoms with E-state index in [0.717, 1.165) is 5.56 Å². The summed E-state index contributed by atoms with van der Waals surface area (Å²) >= 11 is 0. The highest BCUT2D eigenvalue weighted by atomic mass is 16.5. The van der Waals surface area contributed by atoms with E-state index in [0.29, 0.717) is 37.4 Å². The van der Waals surface area contributed by atoms with E-state index in [1.165, 1.54) is 10.8 Å². The number of hydrogen-bond donors (Lipinski definition) is 1. The van der Waals surface area contributed by atoms with E-state index < -0.39 is 11.9 Å². The molecule has 0 aliphatic carbocycles. The third-order valence-corrected chi connectivity index (χ3v) is 4.76. The molecule has 0 unspecified atom stereocenters. The molecule has 27 heavy (non-hydrogen) atoms. The van der Waals surface area contributed by atoms with E-state index in [2.05, 4.69) is 4.98 Å². The van der Waals surface area contributed by atoms with Gasteiger partial charge in [-0.1, -0.05) is 0 Å². The summed E-state index contributed by atoms with van der Waals surface area (Å²) in [6, 6.07) is 7.25. The second-order valence-corrected chi connectivity index (χ2v) is 6.46. The standard InChI is InChI=1S/C19H21N3O5/c1-27-15-4-2-13(3-5-15)16-11-22(17(23)10-20-16)12-18(24)21-8-6-14(7-9-21)19(25)26/h2-5,10-11,14H,6-9,12H2,1H3,(H,25,26). The number of carbonyl (C=O) groups is 2. The Morgan fingerprint density at radius 3 is 2.48 bits per heavy atom. The minimum absolute atomic E-state index is 0.0950. The van der Waals surface area contributed by atoms with E-state index in [1.54, 1.807) is 30.3 Å². The fourth-order valence-corrected chi connectivity index (χ4v) is 3.10. The maximum Gasteiger partial charge on any atom is 0.306 e. The van der Waals surface area contributed by atoms with Crippen LogP contribution in [0.5, 0.6) is 5.75 Å². The maximum atomic E-state index is 12.5. The molecule has 1 amide bonds. The van der Waals surface area contributed by atoms with Crippen molar-refractivity contribution in [1.29, 1.82) is 0 Å². The van der Waals surface area contributed by atoms with Crippen molar-refractivity contribution in [2.24, 2.45) is 5.92 Å².